The lowest BCUT2D eigenvalue weighted by atomic mass is 9.63. The average molecular weight is 353 g/mol. The third-order valence-electron chi connectivity index (χ3n) is 6.17. The van der Waals surface area contributed by atoms with Gasteiger partial charge in [0.1, 0.15) is 5.75 Å². The number of hydrogen-bond donors (Lipinski definition) is 1. The van der Waals surface area contributed by atoms with Crippen molar-refractivity contribution >= 4 is 23.7 Å². The van der Waals surface area contributed by atoms with E-state index >= 15 is 0 Å². The maximum absolute atomic E-state index is 12.8. The monoisotopic (exact) mass is 353 g/mol. The van der Waals surface area contributed by atoms with E-state index in [1.807, 2.05) is 0 Å². The molecule has 2 amide bonds. The van der Waals surface area contributed by atoms with Gasteiger partial charge in [0.05, 0.1) is 23.0 Å². The predicted molar refractivity (Wildman–Crippen MR) is 88.9 cm³/mol. The summed E-state index contributed by atoms with van der Waals surface area (Å²) in [6.45, 7) is 0. The molecule has 5 aliphatic rings. The van der Waals surface area contributed by atoms with Crippen LogP contribution in [0.1, 0.15) is 12.0 Å². The Balaban J connectivity index is 1.45. The van der Waals surface area contributed by atoms with Crippen LogP contribution in [-0.2, 0) is 9.59 Å². The summed E-state index contributed by atoms with van der Waals surface area (Å²) in [5, 5.41) is 25.6. The number of hydrazone groups is 1. The van der Waals surface area contributed by atoms with Crippen LogP contribution in [-0.4, -0.2) is 33.1 Å². The molecule has 26 heavy (non-hydrogen) atoms. The Morgan fingerprint density at radius 2 is 1.77 bits per heavy atom. The second-order valence-electron chi connectivity index (χ2n) is 7.39. The lowest BCUT2D eigenvalue weighted by molar-refractivity contribution is -0.384. The maximum atomic E-state index is 12.8. The van der Waals surface area contributed by atoms with E-state index in [1.165, 1.54) is 12.1 Å². The van der Waals surface area contributed by atoms with E-state index in [0.29, 0.717) is 11.8 Å². The van der Waals surface area contributed by atoms with E-state index in [1.54, 1.807) is 0 Å². The van der Waals surface area contributed by atoms with Gasteiger partial charge in [0, 0.05) is 17.7 Å². The highest BCUT2D eigenvalue weighted by molar-refractivity contribution is 6.06. The molecule has 0 unspecified atom stereocenters. The molecule has 1 aromatic rings. The largest absolute Gasteiger partial charge is 0.507 e. The predicted octanol–water partition coefficient (Wildman–Crippen LogP) is 1.69. The van der Waals surface area contributed by atoms with Crippen molar-refractivity contribution < 1.29 is 19.6 Å². The number of phenolic OH excluding ortho intramolecular Hbond substituents is 1. The number of nitro benzene ring substituents is 1. The Kier molecular flexibility index (Phi) is 2.93. The minimum absolute atomic E-state index is 0.0821. The molecule has 1 N–H and O–H groups in total. The van der Waals surface area contributed by atoms with E-state index < -0.39 is 4.92 Å². The van der Waals surface area contributed by atoms with Gasteiger partial charge in [-0.1, -0.05) is 12.2 Å². The topological polar surface area (TPSA) is 113 Å². The Hall–Kier alpha value is -3.03. The van der Waals surface area contributed by atoms with Gasteiger partial charge < -0.3 is 5.11 Å². The zero-order valence-corrected chi connectivity index (χ0v) is 13.6. The molecule has 1 heterocycles. The molecule has 0 spiro atoms. The van der Waals surface area contributed by atoms with Crippen LogP contribution in [0, 0.1) is 45.6 Å². The van der Waals surface area contributed by atoms with Crippen molar-refractivity contribution in [1.82, 2.24) is 5.01 Å². The smallest absolute Gasteiger partial charge is 0.270 e. The quantitative estimate of drug-likeness (QED) is 0.292. The summed E-state index contributed by atoms with van der Waals surface area (Å²) < 4.78 is 0. The highest BCUT2D eigenvalue weighted by Gasteiger charge is 2.67. The molecule has 0 aromatic heterocycles. The van der Waals surface area contributed by atoms with Gasteiger partial charge in [-0.05, 0) is 36.2 Å². The summed E-state index contributed by atoms with van der Waals surface area (Å²) in [5.74, 6) is -0.305. The lowest BCUT2D eigenvalue weighted by Gasteiger charge is -2.37. The average Bonchev–Trinajstić information content (AvgIpc) is 3.40. The van der Waals surface area contributed by atoms with Crippen molar-refractivity contribution in [1.29, 1.82) is 0 Å². The fourth-order valence-electron chi connectivity index (χ4n) is 4.93. The highest BCUT2D eigenvalue weighted by atomic mass is 16.6. The van der Waals surface area contributed by atoms with Gasteiger partial charge in [0.25, 0.3) is 17.5 Å². The van der Waals surface area contributed by atoms with Gasteiger partial charge >= 0.3 is 0 Å². The van der Waals surface area contributed by atoms with Crippen molar-refractivity contribution in [3.05, 3.63) is 46.0 Å². The molecule has 8 heteroatoms. The Bertz CT molecular complexity index is 887. The summed E-state index contributed by atoms with van der Waals surface area (Å²) in [4.78, 5) is 35.8. The Morgan fingerprint density at radius 1 is 1.15 bits per heavy atom. The maximum Gasteiger partial charge on any atom is 0.270 e. The summed E-state index contributed by atoms with van der Waals surface area (Å²) in [6, 6.07) is 3.50. The molecule has 2 bridgehead atoms. The number of hydrogen-bond acceptors (Lipinski definition) is 6. The van der Waals surface area contributed by atoms with Gasteiger partial charge in [-0.25, -0.2) is 0 Å². The zero-order chi connectivity index (χ0) is 18.2. The molecule has 8 nitrogen and oxygen atoms in total. The molecule has 1 aliphatic heterocycles. The second-order valence-corrected chi connectivity index (χ2v) is 7.39. The number of rotatable bonds is 3. The van der Waals surface area contributed by atoms with E-state index in [9.17, 15) is 24.8 Å². The van der Waals surface area contributed by atoms with Gasteiger partial charge in [-0.15, -0.1) is 0 Å². The molecule has 4 aliphatic carbocycles. The number of phenols is 1. The minimum atomic E-state index is -0.590. The lowest BCUT2D eigenvalue weighted by Crippen LogP contribution is -2.40. The van der Waals surface area contributed by atoms with Crippen LogP contribution >= 0.6 is 0 Å². The zero-order valence-electron chi connectivity index (χ0n) is 13.6. The SMILES string of the molecule is O=C1[C@H]2[C@@H]3C=C[C@H]([C@@H]4C[C@H]34)[C@@H]2C(=O)N1/N=C\c1cc([N+](=O)[O-])ccc1O. The van der Waals surface area contributed by atoms with Crippen LogP contribution < -0.4 is 0 Å². The normalized spacial score (nSPS) is 36.5. The third kappa shape index (κ3) is 1.92. The molecule has 6 rings (SSSR count). The molecule has 132 valence electrons. The molecule has 1 aromatic carbocycles. The number of carbonyl (C=O) groups is 2. The molecule has 3 fully saturated rings. The Labute approximate surface area is 147 Å². The molecule has 6 atom stereocenters. The van der Waals surface area contributed by atoms with Crippen molar-refractivity contribution in [2.75, 3.05) is 0 Å². The first kappa shape index (κ1) is 15.2. The summed E-state index contributed by atoms with van der Waals surface area (Å²) in [7, 11) is 0. The van der Waals surface area contributed by atoms with E-state index in [-0.39, 0.29) is 52.5 Å². The van der Waals surface area contributed by atoms with Gasteiger partial charge in [0.15, 0.2) is 0 Å². The van der Waals surface area contributed by atoms with E-state index in [0.717, 1.165) is 23.7 Å². The van der Waals surface area contributed by atoms with Gasteiger partial charge in [-0.3, -0.25) is 19.7 Å². The standard InChI is InChI=1S/C18H15N3O5/c22-14-4-1-9(21(25)26)5-8(14)7-19-20-17(23)15-10-2-3-11(13-6-12(10)13)16(15)18(20)24/h1-5,7,10-13,15-16,22H,6H2/b19-7-/t10-,11-,12-,13+,15+,16+/m1/s1. The summed E-state index contributed by atoms with van der Waals surface area (Å²) in [5.41, 5.74) is -0.127. The first-order valence-corrected chi connectivity index (χ1v) is 8.55. The minimum Gasteiger partial charge on any atom is -0.507 e. The number of carbonyl (C=O) groups excluding carboxylic acids is 2. The molecular weight excluding hydrogens is 338 g/mol. The van der Waals surface area contributed by atoms with Gasteiger partial charge in [0.2, 0.25) is 0 Å². The first-order valence-electron chi connectivity index (χ1n) is 8.55. The molecular formula is C18H15N3O5. The van der Waals surface area contributed by atoms with Crippen LogP contribution in [0.5, 0.6) is 5.75 Å². The van der Waals surface area contributed by atoms with Crippen LogP contribution in [0.4, 0.5) is 5.69 Å². The van der Waals surface area contributed by atoms with E-state index in [2.05, 4.69) is 17.3 Å². The van der Waals surface area contributed by atoms with Crippen molar-refractivity contribution in [2.24, 2.45) is 40.6 Å². The van der Waals surface area contributed by atoms with E-state index in [4.69, 9.17) is 0 Å². The van der Waals surface area contributed by atoms with Gasteiger partial charge in [-0.2, -0.15) is 10.1 Å². The number of aromatic hydroxyl groups is 1. The summed E-state index contributed by atoms with van der Waals surface area (Å²) >= 11 is 0. The van der Waals surface area contributed by atoms with Crippen molar-refractivity contribution in [2.45, 2.75) is 6.42 Å². The van der Waals surface area contributed by atoms with Crippen molar-refractivity contribution in [3.8, 4) is 5.75 Å². The van der Waals surface area contributed by atoms with Crippen LogP contribution in [0.15, 0.2) is 35.5 Å². The van der Waals surface area contributed by atoms with Crippen LogP contribution in [0.3, 0.4) is 0 Å². The molecule has 0 radical (unpaired) electrons. The van der Waals surface area contributed by atoms with Crippen LogP contribution in [0.2, 0.25) is 0 Å². The third-order valence-corrected chi connectivity index (χ3v) is 6.17. The number of non-ortho nitro benzene ring substituents is 1. The number of nitrogens with zero attached hydrogens (tertiary/aromatic N) is 3. The Morgan fingerprint density at radius 3 is 2.35 bits per heavy atom. The fourth-order valence-corrected chi connectivity index (χ4v) is 4.93. The number of benzene rings is 1. The number of nitro groups is 1. The number of allylic oxidation sites excluding steroid dienone is 2. The number of imide groups is 1. The highest BCUT2D eigenvalue weighted by Crippen LogP contribution is 2.65. The number of amides is 2. The second kappa shape index (κ2) is 5.00. The first-order chi connectivity index (χ1) is 12.5. The van der Waals surface area contributed by atoms with Crippen molar-refractivity contribution in [3.63, 3.8) is 0 Å². The molecule has 2 saturated carbocycles. The van der Waals surface area contributed by atoms with Crippen LogP contribution in [0.25, 0.3) is 0 Å². The summed E-state index contributed by atoms with van der Waals surface area (Å²) in [6.07, 6.45) is 6.36. The fraction of sp³-hybridized carbons (Fsp3) is 0.389. The molecule has 1 saturated heterocycles.